The van der Waals surface area contributed by atoms with Crippen molar-refractivity contribution in [1.29, 1.82) is 0 Å². The first kappa shape index (κ1) is 27.3. The number of halogens is 1. The van der Waals surface area contributed by atoms with E-state index in [0.29, 0.717) is 11.3 Å². The summed E-state index contributed by atoms with van der Waals surface area (Å²) in [6.45, 7) is 8.61. The van der Waals surface area contributed by atoms with Crippen molar-refractivity contribution >= 4 is 27.5 Å². The summed E-state index contributed by atoms with van der Waals surface area (Å²) >= 11 is 0. The Morgan fingerprint density at radius 2 is 1.53 bits per heavy atom. The molecular weight excluding hydrogens is 457 g/mol. The second kappa shape index (κ2) is 11.0. The lowest BCUT2D eigenvalue weighted by atomic mass is 10.1. The second-order valence-electron chi connectivity index (χ2n) is 9.35. The summed E-state index contributed by atoms with van der Waals surface area (Å²) < 4.78 is 39.5. The molecule has 2 amide bonds. The molecule has 0 heterocycles. The molecule has 0 radical (unpaired) electrons. The highest BCUT2D eigenvalue weighted by molar-refractivity contribution is 7.92. The number of sulfonamides is 1. The van der Waals surface area contributed by atoms with E-state index < -0.39 is 39.9 Å². The SMILES string of the molecule is CCc1ccc(N(CC(=O)N(Cc2ccc(F)cc2)[C@@H](C)C(=O)NC(C)(C)C)S(C)(=O)=O)cc1. The van der Waals surface area contributed by atoms with Crippen LogP contribution >= 0.6 is 0 Å². The van der Waals surface area contributed by atoms with E-state index in [1.54, 1.807) is 19.1 Å². The van der Waals surface area contributed by atoms with Gasteiger partial charge >= 0.3 is 0 Å². The van der Waals surface area contributed by atoms with Crippen LogP contribution in [0.1, 0.15) is 45.7 Å². The van der Waals surface area contributed by atoms with Crippen LogP contribution in [0.3, 0.4) is 0 Å². The van der Waals surface area contributed by atoms with Crippen LogP contribution in [-0.4, -0.2) is 49.5 Å². The third-order valence-corrected chi connectivity index (χ3v) is 6.38. The summed E-state index contributed by atoms with van der Waals surface area (Å²) in [5, 5.41) is 2.85. The molecule has 2 aromatic rings. The maximum Gasteiger partial charge on any atom is 0.244 e. The van der Waals surface area contributed by atoms with Crippen molar-refractivity contribution in [3.63, 3.8) is 0 Å². The molecule has 7 nitrogen and oxygen atoms in total. The maximum absolute atomic E-state index is 13.4. The summed E-state index contributed by atoms with van der Waals surface area (Å²) in [6, 6.07) is 11.7. The number of nitrogens with zero attached hydrogens (tertiary/aromatic N) is 2. The molecule has 1 atom stereocenters. The van der Waals surface area contributed by atoms with Crippen molar-refractivity contribution in [3.05, 3.63) is 65.5 Å². The van der Waals surface area contributed by atoms with E-state index in [1.165, 1.54) is 29.2 Å². The fourth-order valence-corrected chi connectivity index (χ4v) is 4.20. The zero-order valence-electron chi connectivity index (χ0n) is 20.6. The van der Waals surface area contributed by atoms with Gasteiger partial charge < -0.3 is 10.2 Å². The Bertz CT molecular complexity index is 1090. The summed E-state index contributed by atoms with van der Waals surface area (Å²) in [4.78, 5) is 27.6. The number of carbonyl (C=O) groups is 2. The van der Waals surface area contributed by atoms with E-state index in [1.807, 2.05) is 39.8 Å². The lowest BCUT2D eigenvalue weighted by Gasteiger charge is -2.33. The molecule has 2 rings (SSSR count). The monoisotopic (exact) mass is 491 g/mol. The van der Waals surface area contributed by atoms with Crippen molar-refractivity contribution in [1.82, 2.24) is 10.2 Å². The van der Waals surface area contributed by atoms with E-state index in [9.17, 15) is 22.4 Å². The van der Waals surface area contributed by atoms with Crippen LogP contribution in [0.4, 0.5) is 10.1 Å². The van der Waals surface area contributed by atoms with Gasteiger partial charge in [-0.1, -0.05) is 31.2 Å². The first-order chi connectivity index (χ1) is 15.7. The number of amides is 2. The molecule has 0 fully saturated rings. The van der Waals surface area contributed by atoms with Gasteiger partial charge in [0.15, 0.2) is 0 Å². The number of benzene rings is 2. The smallest absolute Gasteiger partial charge is 0.244 e. The summed E-state index contributed by atoms with van der Waals surface area (Å²) in [5.41, 5.74) is 1.49. The molecule has 34 heavy (non-hydrogen) atoms. The molecular formula is C25H34FN3O4S. The van der Waals surface area contributed by atoms with E-state index in [-0.39, 0.29) is 12.5 Å². The third kappa shape index (κ3) is 7.83. The first-order valence-corrected chi connectivity index (χ1v) is 13.0. The average Bonchev–Trinajstić information content (AvgIpc) is 2.74. The molecule has 2 aromatic carbocycles. The lowest BCUT2D eigenvalue weighted by molar-refractivity contribution is -0.140. The quantitative estimate of drug-likeness (QED) is 0.582. The van der Waals surface area contributed by atoms with Crippen molar-refractivity contribution in [2.45, 2.75) is 59.2 Å². The van der Waals surface area contributed by atoms with Crippen molar-refractivity contribution in [2.24, 2.45) is 0 Å². The van der Waals surface area contributed by atoms with Gasteiger partial charge in [-0.25, -0.2) is 12.8 Å². The number of aryl methyl sites for hydroxylation is 1. The molecule has 0 aliphatic carbocycles. The topological polar surface area (TPSA) is 86.8 Å². The van der Waals surface area contributed by atoms with Crippen LogP contribution in [0.2, 0.25) is 0 Å². The molecule has 0 saturated heterocycles. The minimum Gasteiger partial charge on any atom is -0.350 e. The predicted molar refractivity (Wildman–Crippen MR) is 132 cm³/mol. The van der Waals surface area contributed by atoms with Crippen molar-refractivity contribution in [3.8, 4) is 0 Å². The van der Waals surface area contributed by atoms with E-state index in [0.717, 1.165) is 22.5 Å². The first-order valence-electron chi connectivity index (χ1n) is 11.1. The molecule has 0 aliphatic rings. The number of nitrogens with one attached hydrogen (secondary N) is 1. The number of hydrogen-bond donors (Lipinski definition) is 1. The minimum atomic E-state index is -3.78. The van der Waals surface area contributed by atoms with Gasteiger partial charge in [-0.05, 0) is 69.5 Å². The van der Waals surface area contributed by atoms with Crippen LogP contribution in [0, 0.1) is 5.82 Å². The molecule has 186 valence electrons. The molecule has 0 unspecified atom stereocenters. The van der Waals surface area contributed by atoms with Crippen LogP contribution in [0.15, 0.2) is 48.5 Å². The van der Waals surface area contributed by atoms with Crippen molar-refractivity contribution in [2.75, 3.05) is 17.1 Å². The molecule has 0 saturated carbocycles. The molecule has 0 spiro atoms. The second-order valence-corrected chi connectivity index (χ2v) is 11.3. The van der Waals surface area contributed by atoms with Gasteiger partial charge in [0.05, 0.1) is 11.9 Å². The number of anilines is 1. The Hall–Kier alpha value is -2.94. The standard InChI is InChI=1S/C25H34FN3O4S/c1-7-19-10-14-22(15-11-19)29(34(6,32)33)17-23(30)28(16-20-8-12-21(26)13-9-20)18(2)24(31)27-25(3,4)5/h8-15,18H,7,16-17H2,1-6H3,(H,27,31)/t18-/m0/s1. The zero-order valence-corrected chi connectivity index (χ0v) is 21.4. The molecule has 1 N–H and O–H groups in total. The van der Waals surface area contributed by atoms with Gasteiger partial charge in [-0.15, -0.1) is 0 Å². The van der Waals surface area contributed by atoms with Crippen LogP contribution in [0.5, 0.6) is 0 Å². The van der Waals surface area contributed by atoms with Crippen LogP contribution in [-0.2, 0) is 32.6 Å². The average molecular weight is 492 g/mol. The van der Waals surface area contributed by atoms with Gasteiger partial charge in [0, 0.05) is 12.1 Å². The Morgan fingerprint density at radius 1 is 1.00 bits per heavy atom. The predicted octanol–water partition coefficient (Wildman–Crippen LogP) is 3.49. The molecule has 0 aromatic heterocycles. The Balaban J connectivity index is 2.38. The highest BCUT2D eigenvalue weighted by Gasteiger charge is 2.31. The largest absolute Gasteiger partial charge is 0.350 e. The Kier molecular flexibility index (Phi) is 8.83. The normalized spacial score (nSPS) is 12.7. The number of hydrogen-bond acceptors (Lipinski definition) is 4. The fourth-order valence-electron chi connectivity index (χ4n) is 3.35. The number of rotatable bonds is 9. The van der Waals surface area contributed by atoms with Gasteiger partial charge in [-0.3, -0.25) is 13.9 Å². The Labute approximate surface area is 202 Å². The van der Waals surface area contributed by atoms with E-state index in [4.69, 9.17) is 0 Å². The summed E-state index contributed by atoms with van der Waals surface area (Å²) in [5.74, 6) is -1.34. The van der Waals surface area contributed by atoms with Crippen molar-refractivity contribution < 1.29 is 22.4 Å². The molecule has 0 aliphatic heterocycles. The summed E-state index contributed by atoms with van der Waals surface area (Å²) in [7, 11) is -3.78. The Morgan fingerprint density at radius 3 is 2.00 bits per heavy atom. The van der Waals surface area contributed by atoms with Gasteiger partial charge in [0.1, 0.15) is 18.4 Å². The number of carbonyl (C=O) groups excluding carboxylic acids is 2. The van der Waals surface area contributed by atoms with Gasteiger partial charge in [0.2, 0.25) is 21.8 Å². The van der Waals surface area contributed by atoms with Crippen LogP contribution in [0.25, 0.3) is 0 Å². The summed E-state index contributed by atoms with van der Waals surface area (Å²) in [6.07, 6.45) is 1.83. The lowest BCUT2D eigenvalue weighted by Crippen LogP contribution is -2.54. The van der Waals surface area contributed by atoms with Gasteiger partial charge in [0.25, 0.3) is 0 Å². The minimum absolute atomic E-state index is 0.0181. The molecule has 9 heteroatoms. The highest BCUT2D eigenvalue weighted by Crippen LogP contribution is 2.20. The maximum atomic E-state index is 13.4. The van der Waals surface area contributed by atoms with E-state index in [2.05, 4.69) is 5.32 Å². The highest BCUT2D eigenvalue weighted by atomic mass is 32.2. The third-order valence-electron chi connectivity index (χ3n) is 5.24. The van der Waals surface area contributed by atoms with E-state index >= 15 is 0 Å². The fraction of sp³-hybridized carbons (Fsp3) is 0.440. The van der Waals surface area contributed by atoms with Gasteiger partial charge in [-0.2, -0.15) is 0 Å². The zero-order chi connectivity index (χ0) is 25.7. The van der Waals surface area contributed by atoms with Crippen LogP contribution < -0.4 is 9.62 Å². The molecule has 0 bridgehead atoms.